The Labute approximate surface area is 171 Å². The van der Waals surface area contributed by atoms with Gasteiger partial charge in [0.15, 0.2) is 0 Å². The molecule has 1 N–H and O–H groups in total. The topological polar surface area (TPSA) is 54.7 Å². The minimum absolute atomic E-state index is 0.0851. The lowest BCUT2D eigenvalue weighted by atomic mass is 10.1. The smallest absolute Gasteiger partial charge is 0.249 e. The van der Waals surface area contributed by atoms with Crippen LogP contribution in [0.4, 0.5) is 11.4 Å². The molecule has 1 aromatic heterocycles. The number of carbonyl (C=O) groups is 1. The van der Waals surface area contributed by atoms with Crippen molar-refractivity contribution in [2.24, 2.45) is 0 Å². The Morgan fingerprint density at radius 3 is 2.86 bits per heavy atom. The van der Waals surface area contributed by atoms with E-state index in [4.69, 9.17) is 9.15 Å². The molecule has 1 amide bonds. The van der Waals surface area contributed by atoms with Gasteiger partial charge >= 0.3 is 0 Å². The van der Waals surface area contributed by atoms with Crippen molar-refractivity contribution in [1.82, 2.24) is 0 Å². The molecule has 5 nitrogen and oxygen atoms in total. The number of ether oxygens (including phenoxy) is 1. The molecule has 2 unspecified atom stereocenters. The fraction of sp³-hybridized carbons (Fsp3) is 0.292. The highest BCUT2D eigenvalue weighted by molar-refractivity contribution is 6.00. The third-order valence-corrected chi connectivity index (χ3v) is 5.22. The molecule has 0 bridgehead atoms. The van der Waals surface area contributed by atoms with Gasteiger partial charge in [0.2, 0.25) is 5.91 Å². The summed E-state index contributed by atoms with van der Waals surface area (Å²) in [4.78, 5) is 15.1. The molecule has 29 heavy (non-hydrogen) atoms. The van der Waals surface area contributed by atoms with Crippen LogP contribution < -0.4 is 10.2 Å². The molecule has 3 aromatic rings. The van der Waals surface area contributed by atoms with E-state index in [0.717, 1.165) is 29.1 Å². The fourth-order valence-electron chi connectivity index (χ4n) is 3.84. The number of anilines is 2. The van der Waals surface area contributed by atoms with Crippen LogP contribution in [0.15, 0.2) is 71.3 Å². The highest BCUT2D eigenvalue weighted by Gasteiger charge is 2.32. The summed E-state index contributed by atoms with van der Waals surface area (Å²) in [5.41, 5.74) is 4.21. The van der Waals surface area contributed by atoms with Crippen LogP contribution >= 0.6 is 0 Å². The van der Waals surface area contributed by atoms with Crippen molar-refractivity contribution in [3.8, 4) is 0 Å². The summed E-state index contributed by atoms with van der Waals surface area (Å²) < 4.78 is 11.0. The van der Waals surface area contributed by atoms with Gasteiger partial charge in [0.05, 0.1) is 12.9 Å². The Hall–Kier alpha value is -3.05. The fourth-order valence-corrected chi connectivity index (χ4v) is 3.84. The second kappa shape index (κ2) is 8.53. The van der Waals surface area contributed by atoms with Crippen LogP contribution in [0.5, 0.6) is 0 Å². The zero-order valence-corrected chi connectivity index (χ0v) is 16.8. The van der Waals surface area contributed by atoms with E-state index in [1.807, 2.05) is 66.4 Å². The molecule has 0 saturated carbocycles. The Bertz CT molecular complexity index is 968. The van der Waals surface area contributed by atoms with Gasteiger partial charge in [-0.3, -0.25) is 4.79 Å². The first-order valence-electron chi connectivity index (χ1n) is 9.98. The van der Waals surface area contributed by atoms with Crippen molar-refractivity contribution in [3.05, 3.63) is 83.8 Å². The summed E-state index contributed by atoms with van der Waals surface area (Å²) in [5.74, 6) is 0.889. The number of hydrogen-bond donors (Lipinski definition) is 1. The van der Waals surface area contributed by atoms with Crippen molar-refractivity contribution >= 4 is 17.3 Å². The van der Waals surface area contributed by atoms with Gasteiger partial charge in [0.1, 0.15) is 18.4 Å². The molecule has 0 saturated heterocycles. The number of nitrogens with zero attached hydrogens (tertiary/aromatic N) is 1. The largest absolute Gasteiger partial charge is 0.467 e. The zero-order chi connectivity index (χ0) is 20.2. The van der Waals surface area contributed by atoms with E-state index in [-0.39, 0.29) is 18.0 Å². The first-order chi connectivity index (χ1) is 14.1. The first kappa shape index (κ1) is 19.3. The number of amides is 1. The van der Waals surface area contributed by atoms with Gasteiger partial charge in [0.25, 0.3) is 0 Å². The summed E-state index contributed by atoms with van der Waals surface area (Å²) in [6, 6.07) is 19.7. The van der Waals surface area contributed by atoms with Crippen LogP contribution in [-0.2, 0) is 29.2 Å². The summed E-state index contributed by atoms with van der Waals surface area (Å²) in [5, 5.41) is 3.35. The molecule has 1 aliphatic rings. The van der Waals surface area contributed by atoms with Crippen LogP contribution in [0.2, 0.25) is 0 Å². The molecule has 2 heterocycles. The van der Waals surface area contributed by atoms with Crippen LogP contribution in [0.25, 0.3) is 0 Å². The molecule has 0 fully saturated rings. The van der Waals surface area contributed by atoms with E-state index >= 15 is 0 Å². The number of furan rings is 1. The van der Waals surface area contributed by atoms with Gasteiger partial charge in [-0.1, -0.05) is 30.3 Å². The predicted molar refractivity (Wildman–Crippen MR) is 114 cm³/mol. The Morgan fingerprint density at radius 2 is 2.03 bits per heavy atom. The van der Waals surface area contributed by atoms with Gasteiger partial charge in [-0.25, -0.2) is 0 Å². The highest BCUT2D eigenvalue weighted by Crippen LogP contribution is 2.32. The van der Waals surface area contributed by atoms with Crippen molar-refractivity contribution in [3.63, 3.8) is 0 Å². The third kappa shape index (κ3) is 4.35. The van der Waals surface area contributed by atoms with Gasteiger partial charge in [0, 0.05) is 17.4 Å². The summed E-state index contributed by atoms with van der Waals surface area (Å²) >= 11 is 0. The highest BCUT2D eigenvalue weighted by atomic mass is 16.5. The molecule has 5 heteroatoms. The van der Waals surface area contributed by atoms with Crippen LogP contribution in [0.1, 0.15) is 30.7 Å². The number of fused-ring (bicyclic) bond motifs is 1. The van der Waals surface area contributed by atoms with Gasteiger partial charge < -0.3 is 19.4 Å². The maximum atomic E-state index is 13.1. The van der Waals surface area contributed by atoms with Crippen LogP contribution in [-0.4, -0.2) is 18.0 Å². The Morgan fingerprint density at radius 1 is 1.17 bits per heavy atom. The number of para-hydroxylation sites is 1. The molecule has 0 aliphatic carbocycles. The molecule has 2 atom stereocenters. The maximum absolute atomic E-state index is 13.1. The number of rotatable bonds is 7. The lowest BCUT2D eigenvalue weighted by Gasteiger charge is -2.27. The predicted octanol–water partition coefficient (Wildman–Crippen LogP) is 4.77. The van der Waals surface area contributed by atoms with Gasteiger partial charge in [-0.2, -0.15) is 0 Å². The van der Waals surface area contributed by atoms with E-state index < -0.39 is 0 Å². The van der Waals surface area contributed by atoms with Gasteiger partial charge in [-0.15, -0.1) is 0 Å². The van der Waals surface area contributed by atoms with Crippen molar-refractivity contribution < 1.29 is 13.9 Å². The Balaban J connectivity index is 1.38. The molecule has 1 aliphatic heterocycles. The molecule has 2 aromatic carbocycles. The molecule has 4 rings (SSSR count). The first-order valence-corrected chi connectivity index (χ1v) is 9.98. The number of benzene rings is 2. The van der Waals surface area contributed by atoms with E-state index in [1.54, 1.807) is 6.26 Å². The van der Waals surface area contributed by atoms with E-state index in [1.165, 1.54) is 5.56 Å². The standard InChI is InChI=1S/C24H26N2O3/c1-17-13-20-8-3-4-11-23(20)26(17)24(27)18(2)25-21-9-5-7-19(14-21)15-28-16-22-10-6-12-29-22/h3-12,14,17-18,25H,13,15-16H2,1-2H3. The molecular weight excluding hydrogens is 364 g/mol. The molecule has 150 valence electrons. The minimum atomic E-state index is -0.331. The number of carbonyl (C=O) groups excluding carboxylic acids is 1. The second-order valence-electron chi connectivity index (χ2n) is 7.53. The van der Waals surface area contributed by atoms with E-state index in [9.17, 15) is 4.79 Å². The average molecular weight is 390 g/mol. The van der Waals surface area contributed by atoms with Crippen molar-refractivity contribution in [1.29, 1.82) is 0 Å². The van der Waals surface area contributed by atoms with Gasteiger partial charge in [-0.05, 0) is 61.7 Å². The number of hydrogen-bond acceptors (Lipinski definition) is 4. The van der Waals surface area contributed by atoms with E-state index in [0.29, 0.717) is 13.2 Å². The third-order valence-electron chi connectivity index (χ3n) is 5.22. The minimum Gasteiger partial charge on any atom is -0.467 e. The maximum Gasteiger partial charge on any atom is 0.249 e. The zero-order valence-electron chi connectivity index (χ0n) is 16.8. The monoisotopic (exact) mass is 390 g/mol. The van der Waals surface area contributed by atoms with Crippen molar-refractivity contribution in [2.45, 2.75) is 45.6 Å². The summed E-state index contributed by atoms with van der Waals surface area (Å²) in [6.45, 7) is 4.93. The lowest BCUT2D eigenvalue weighted by Crippen LogP contribution is -2.44. The normalized spacial score (nSPS) is 16.5. The quantitative estimate of drug-likeness (QED) is 0.631. The lowest BCUT2D eigenvalue weighted by molar-refractivity contribution is -0.119. The second-order valence-corrected chi connectivity index (χ2v) is 7.53. The van der Waals surface area contributed by atoms with E-state index in [2.05, 4.69) is 18.3 Å². The number of nitrogens with one attached hydrogen (secondary N) is 1. The summed E-state index contributed by atoms with van der Waals surface area (Å²) in [6.07, 6.45) is 2.54. The molecule has 0 radical (unpaired) electrons. The van der Waals surface area contributed by atoms with Crippen molar-refractivity contribution in [2.75, 3.05) is 10.2 Å². The molecular formula is C24H26N2O3. The SMILES string of the molecule is CC(Nc1cccc(COCc2ccco2)c1)C(=O)N1c2ccccc2CC1C. The molecule has 0 spiro atoms. The summed E-state index contributed by atoms with van der Waals surface area (Å²) in [7, 11) is 0. The van der Waals surface area contributed by atoms with Crippen LogP contribution in [0.3, 0.4) is 0 Å². The Kier molecular flexibility index (Phi) is 5.67. The van der Waals surface area contributed by atoms with Crippen LogP contribution in [0, 0.1) is 0 Å². The average Bonchev–Trinajstić information content (AvgIpc) is 3.34.